The lowest BCUT2D eigenvalue weighted by Crippen LogP contribution is -2.09. The normalized spacial score (nSPS) is 10.4. The molecule has 4 heteroatoms. The molecule has 0 aliphatic carbocycles. The highest BCUT2D eigenvalue weighted by Gasteiger charge is 2.06. The monoisotopic (exact) mass is 223 g/mol. The summed E-state index contributed by atoms with van der Waals surface area (Å²) in [5, 5.41) is 10.4. The Kier molecular flexibility index (Phi) is 4.76. The van der Waals surface area contributed by atoms with Crippen LogP contribution in [0.25, 0.3) is 0 Å². The molecule has 1 aromatic rings. The molecule has 0 atom stereocenters. The summed E-state index contributed by atoms with van der Waals surface area (Å²) in [6.07, 6.45) is 2.17. The van der Waals surface area contributed by atoms with E-state index < -0.39 is 4.92 Å². The Morgan fingerprint density at radius 2 is 1.81 bits per heavy atom. The number of nitro benzene ring substituents is 1. The van der Waals surface area contributed by atoms with Crippen LogP contribution < -0.4 is 4.74 Å². The second-order valence-electron chi connectivity index (χ2n) is 3.74. The molecule has 0 radical (unpaired) electrons. The molecule has 0 aromatic heterocycles. The molecule has 0 spiro atoms. The minimum atomic E-state index is -0.412. The Balaban J connectivity index is 2.52. The first-order chi connectivity index (χ1) is 7.67. The van der Waals surface area contributed by atoms with Crippen molar-refractivity contribution in [2.75, 3.05) is 6.61 Å². The van der Waals surface area contributed by atoms with Gasteiger partial charge in [-0.2, -0.15) is 0 Å². The van der Waals surface area contributed by atoms with E-state index in [4.69, 9.17) is 4.74 Å². The van der Waals surface area contributed by atoms with Crippen LogP contribution in [0.1, 0.15) is 26.7 Å². The lowest BCUT2D eigenvalue weighted by Gasteiger charge is -2.13. The molecular formula is C12H17NO3. The topological polar surface area (TPSA) is 52.4 Å². The molecule has 0 saturated carbocycles. The number of hydrogen-bond acceptors (Lipinski definition) is 3. The second-order valence-corrected chi connectivity index (χ2v) is 3.74. The maximum atomic E-state index is 10.4. The fourth-order valence-electron chi connectivity index (χ4n) is 1.40. The molecule has 1 aromatic carbocycles. The Morgan fingerprint density at radius 3 is 2.25 bits per heavy atom. The summed E-state index contributed by atoms with van der Waals surface area (Å²) in [6, 6.07) is 6.20. The van der Waals surface area contributed by atoms with Crippen LogP contribution in [0.3, 0.4) is 0 Å². The number of rotatable bonds is 6. The summed E-state index contributed by atoms with van der Waals surface area (Å²) in [7, 11) is 0. The van der Waals surface area contributed by atoms with Gasteiger partial charge in [0.05, 0.1) is 11.5 Å². The first kappa shape index (κ1) is 12.5. The first-order valence-corrected chi connectivity index (χ1v) is 5.54. The van der Waals surface area contributed by atoms with Gasteiger partial charge >= 0.3 is 0 Å². The predicted molar refractivity (Wildman–Crippen MR) is 62.7 cm³/mol. The van der Waals surface area contributed by atoms with Gasteiger partial charge in [0.2, 0.25) is 0 Å². The predicted octanol–water partition coefficient (Wildman–Crippen LogP) is 3.41. The van der Waals surface area contributed by atoms with Crippen LogP contribution in [0.5, 0.6) is 5.75 Å². The fraction of sp³-hybridized carbons (Fsp3) is 0.500. The van der Waals surface area contributed by atoms with E-state index in [1.54, 1.807) is 12.1 Å². The molecule has 1 rings (SSSR count). The quantitative estimate of drug-likeness (QED) is 0.548. The fourth-order valence-corrected chi connectivity index (χ4v) is 1.40. The van der Waals surface area contributed by atoms with Gasteiger partial charge in [-0.1, -0.05) is 26.7 Å². The molecule has 0 unspecified atom stereocenters. The first-order valence-electron chi connectivity index (χ1n) is 5.54. The van der Waals surface area contributed by atoms with Crippen molar-refractivity contribution in [2.24, 2.45) is 5.92 Å². The lowest BCUT2D eigenvalue weighted by atomic mass is 10.1. The van der Waals surface area contributed by atoms with Crippen LogP contribution >= 0.6 is 0 Å². The van der Waals surface area contributed by atoms with Crippen LogP contribution in [0, 0.1) is 16.0 Å². The summed E-state index contributed by atoms with van der Waals surface area (Å²) in [4.78, 5) is 10.0. The van der Waals surface area contributed by atoms with Gasteiger partial charge in [-0.25, -0.2) is 0 Å². The van der Waals surface area contributed by atoms with Crippen molar-refractivity contribution >= 4 is 5.69 Å². The number of benzene rings is 1. The Labute approximate surface area is 95.4 Å². The minimum absolute atomic E-state index is 0.0925. The van der Waals surface area contributed by atoms with Crippen LogP contribution in [0.4, 0.5) is 5.69 Å². The van der Waals surface area contributed by atoms with Crippen LogP contribution in [-0.2, 0) is 0 Å². The third kappa shape index (κ3) is 3.53. The SMILES string of the molecule is CCC(CC)COc1ccc([N+](=O)[O-])cc1. The van der Waals surface area contributed by atoms with Crippen LogP contribution in [-0.4, -0.2) is 11.5 Å². The summed E-state index contributed by atoms with van der Waals surface area (Å²) < 4.78 is 5.56. The molecule has 0 N–H and O–H groups in total. The van der Waals surface area contributed by atoms with Crippen molar-refractivity contribution < 1.29 is 9.66 Å². The molecule has 0 amide bonds. The zero-order chi connectivity index (χ0) is 12.0. The largest absolute Gasteiger partial charge is 0.493 e. The molecule has 0 saturated heterocycles. The second kappa shape index (κ2) is 6.10. The van der Waals surface area contributed by atoms with Gasteiger partial charge < -0.3 is 4.74 Å². The molecule has 0 aliphatic heterocycles. The summed E-state index contributed by atoms with van der Waals surface area (Å²) >= 11 is 0. The average Bonchev–Trinajstić information content (AvgIpc) is 2.31. The molecule has 0 fully saturated rings. The van der Waals surface area contributed by atoms with Gasteiger partial charge in [-0.05, 0) is 18.1 Å². The van der Waals surface area contributed by atoms with E-state index in [0.717, 1.165) is 12.8 Å². The molecule has 16 heavy (non-hydrogen) atoms. The lowest BCUT2D eigenvalue weighted by molar-refractivity contribution is -0.384. The van der Waals surface area contributed by atoms with Gasteiger partial charge in [0.25, 0.3) is 5.69 Å². The number of nitrogens with zero attached hydrogens (tertiary/aromatic N) is 1. The third-order valence-electron chi connectivity index (χ3n) is 2.69. The van der Waals surface area contributed by atoms with Crippen LogP contribution in [0.15, 0.2) is 24.3 Å². The summed E-state index contributed by atoms with van der Waals surface area (Å²) in [6.45, 7) is 4.94. The zero-order valence-corrected chi connectivity index (χ0v) is 9.68. The van der Waals surface area contributed by atoms with Crippen molar-refractivity contribution in [3.8, 4) is 5.75 Å². The number of ether oxygens (including phenoxy) is 1. The highest BCUT2D eigenvalue weighted by Crippen LogP contribution is 2.18. The average molecular weight is 223 g/mol. The van der Waals surface area contributed by atoms with Gasteiger partial charge in [0.15, 0.2) is 0 Å². The minimum Gasteiger partial charge on any atom is -0.493 e. The van der Waals surface area contributed by atoms with E-state index in [2.05, 4.69) is 13.8 Å². The molecule has 0 bridgehead atoms. The summed E-state index contributed by atoms with van der Waals surface area (Å²) in [5.41, 5.74) is 0.0925. The van der Waals surface area contributed by atoms with Gasteiger partial charge in [0, 0.05) is 12.1 Å². The number of nitro groups is 1. The van der Waals surface area contributed by atoms with Crippen LogP contribution in [0.2, 0.25) is 0 Å². The van der Waals surface area contributed by atoms with Gasteiger partial charge in [0.1, 0.15) is 5.75 Å². The third-order valence-corrected chi connectivity index (χ3v) is 2.69. The smallest absolute Gasteiger partial charge is 0.269 e. The van der Waals surface area contributed by atoms with Crippen molar-refractivity contribution in [3.63, 3.8) is 0 Å². The maximum absolute atomic E-state index is 10.4. The van der Waals surface area contributed by atoms with E-state index in [1.807, 2.05) is 0 Å². The van der Waals surface area contributed by atoms with Gasteiger partial charge in [-0.3, -0.25) is 10.1 Å². The van der Waals surface area contributed by atoms with Crippen molar-refractivity contribution in [1.29, 1.82) is 0 Å². The number of non-ortho nitro benzene ring substituents is 1. The molecule has 0 heterocycles. The standard InChI is InChI=1S/C12H17NO3/c1-3-10(4-2)9-16-12-7-5-11(6-8-12)13(14)15/h5-8,10H,3-4,9H2,1-2H3. The van der Waals surface area contributed by atoms with E-state index >= 15 is 0 Å². The van der Waals surface area contributed by atoms with E-state index in [1.165, 1.54) is 12.1 Å². The van der Waals surface area contributed by atoms with E-state index in [0.29, 0.717) is 18.3 Å². The van der Waals surface area contributed by atoms with Gasteiger partial charge in [-0.15, -0.1) is 0 Å². The van der Waals surface area contributed by atoms with Crippen molar-refractivity contribution in [3.05, 3.63) is 34.4 Å². The Bertz CT molecular complexity index is 331. The van der Waals surface area contributed by atoms with Crippen molar-refractivity contribution in [1.82, 2.24) is 0 Å². The summed E-state index contributed by atoms with van der Waals surface area (Å²) in [5.74, 6) is 1.24. The maximum Gasteiger partial charge on any atom is 0.269 e. The Morgan fingerprint density at radius 1 is 1.25 bits per heavy atom. The van der Waals surface area contributed by atoms with E-state index in [9.17, 15) is 10.1 Å². The molecule has 0 aliphatic rings. The molecular weight excluding hydrogens is 206 g/mol. The molecule has 4 nitrogen and oxygen atoms in total. The van der Waals surface area contributed by atoms with E-state index in [-0.39, 0.29) is 5.69 Å². The highest BCUT2D eigenvalue weighted by molar-refractivity contribution is 5.35. The zero-order valence-electron chi connectivity index (χ0n) is 9.68. The van der Waals surface area contributed by atoms with Crippen molar-refractivity contribution in [2.45, 2.75) is 26.7 Å². The Hall–Kier alpha value is -1.58. The highest BCUT2D eigenvalue weighted by atomic mass is 16.6. The number of hydrogen-bond donors (Lipinski definition) is 0. The molecule has 88 valence electrons.